The predicted octanol–water partition coefficient (Wildman–Crippen LogP) is 0.855. The fourth-order valence-electron chi connectivity index (χ4n) is 2.66. The van der Waals surface area contributed by atoms with Crippen LogP contribution in [0, 0.1) is 0 Å². The first-order valence-corrected chi connectivity index (χ1v) is 7.47. The SMILES string of the molecule is CCCNC(CN(C)C1CCN(CC)CC1)C(=O)O. The van der Waals surface area contributed by atoms with E-state index >= 15 is 0 Å². The number of carbonyl (C=O) groups is 1. The molecule has 2 N–H and O–H groups in total. The van der Waals surface area contributed by atoms with Crippen LogP contribution in [0.25, 0.3) is 0 Å². The minimum absolute atomic E-state index is 0.450. The molecule has 0 aromatic heterocycles. The number of carboxylic acid groups (broad SMARTS) is 1. The molecule has 1 atom stereocenters. The maximum Gasteiger partial charge on any atom is 0.322 e. The van der Waals surface area contributed by atoms with Crippen LogP contribution < -0.4 is 5.32 Å². The van der Waals surface area contributed by atoms with Gasteiger partial charge in [-0.15, -0.1) is 0 Å². The van der Waals surface area contributed by atoms with Crippen LogP contribution >= 0.6 is 0 Å². The predicted molar refractivity (Wildman–Crippen MR) is 77.5 cm³/mol. The number of hydrogen-bond donors (Lipinski definition) is 2. The number of likely N-dealkylation sites (N-methyl/N-ethyl adjacent to an activating group) is 1. The van der Waals surface area contributed by atoms with E-state index in [0.717, 1.165) is 45.4 Å². The Morgan fingerprint density at radius 1 is 1.42 bits per heavy atom. The number of hydrogen-bond acceptors (Lipinski definition) is 4. The van der Waals surface area contributed by atoms with Crippen molar-refractivity contribution < 1.29 is 9.90 Å². The van der Waals surface area contributed by atoms with Gasteiger partial charge in [-0.25, -0.2) is 0 Å². The summed E-state index contributed by atoms with van der Waals surface area (Å²) in [5.41, 5.74) is 0. The molecule has 1 aliphatic rings. The van der Waals surface area contributed by atoms with Crippen molar-refractivity contribution in [2.45, 2.75) is 45.2 Å². The Kier molecular flexibility index (Phi) is 7.34. The Hall–Kier alpha value is -0.650. The van der Waals surface area contributed by atoms with Gasteiger partial charge in [-0.2, -0.15) is 0 Å². The number of nitrogens with one attached hydrogen (secondary N) is 1. The second kappa shape index (κ2) is 8.51. The lowest BCUT2D eigenvalue weighted by atomic mass is 10.0. The standard InChI is InChI=1S/C14H29N3O2/c1-4-8-15-13(14(18)19)11-16(3)12-6-9-17(5-2)10-7-12/h12-13,15H,4-11H2,1-3H3,(H,18,19). The lowest BCUT2D eigenvalue weighted by Crippen LogP contribution is -2.50. The quantitative estimate of drug-likeness (QED) is 0.685. The Balaban J connectivity index is 2.39. The first-order valence-electron chi connectivity index (χ1n) is 7.47. The van der Waals surface area contributed by atoms with Crippen LogP contribution in [0.2, 0.25) is 0 Å². The number of likely N-dealkylation sites (tertiary alicyclic amines) is 1. The summed E-state index contributed by atoms with van der Waals surface area (Å²) in [6.07, 6.45) is 3.25. The van der Waals surface area contributed by atoms with Gasteiger partial charge in [-0.3, -0.25) is 4.79 Å². The minimum atomic E-state index is -0.744. The van der Waals surface area contributed by atoms with Crippen molar-refractivity contribution in [1.82, 2.24) is 15.1 Å². The molecule has 1 unspecified atom stereocenters. The van der Waals surface area contributed by atoms with Crippen molar-refractivity contribution in [2.24, 2.45) is 0 Å². The summed E-state index contributed by atoms with van der Waals surface area (Å²) in [5.74, 6) is -0.744. The fraction of sp³-hybridized carbons (Fsp3) is 0.929. The van der Waals surface area contributed by atoms with Gasteiger partial charge in [0, 0.05) is 12.6 Å². The van der Waals surface area contributed by atoms with Gasteiger partial charge >= 0.3 is 5.97 Å². The minimum Gasteiger partial charge on any atom is -0.480 e. The highest BCUT2D eigenvalue weighted by atomic mass is 16.4. The van der Waals surface area contributed by atoms with Crippen LogP contribution in [-0.4, -0.2) is 72.7 Å². The average molecular weight is 271 g/mol. The zero-order valence-electron chi connectivity index (χ0n) is 12.6. The van der Waals surface area contributed by atoms with Gasteiger partial charge in [-0.1, -0.05) is 13.8 Å². The molecular formula is C14H29N3O2. The zero-order valence-corrected chi connectivity index (χ0v) is 12.6. The maximum absolute atomic E-state index is 11.2. The molecule has 0 radical (unpaired) electrons. The third kappa shape index (κ3) is 5.47. The van der Waals surface area contributed by atoms with E-state index in [2.05, 4.69) is 36.0 Å². The molecule has 1 fully saturated rings. The van der Waals surface area contributed by atoms with Gasteiger partial charge in [0.15, 0.2) is 0 Å². The van der Waals surface area contributed by atoms with Crippen LogP contribution in [0.5, 0.6) is 0 Å². The van der Waals surface area contributed by atoms with Crippen LogP contribution in [0.4, 0.5) is 0 Å². The molecule has 0 saturated carbocycles. The normalized spacial score (nSPS) is 19.8. The van der Waals surface area contributed by atoms with Crippen LogP contribution in [0.1, 0.15) is 33.1 Å². The summed E-state index contributed by atoms with van der Waals surface area (Å²) in [4.78, 5) is 15.9. The Bertz CT molecular complexity index is 265. The molecule has 1 aliphatic heterocycles. The summed E-state index contributed by atoms with van der Waals surface area (Å²) < 4.78 is 0. The lowest BCUT2D eigenvalue weighted by molar-refractivity contribution is -0.140. The lowest BCUT2D eigenvalue weighted by Gasteiger charge is -2.37. The molecular weight excluding hydrogens is 242 g/mol. The van der Waals surface area contributed by atoms with E-state index in [1.807, 2.05) is 0 Å². The second-order valence-electron chi connectivity index (χ2n) is 5.45. The summed E-state index contributed by atoms with van der Waals surface area (Å²) in [6.45, 7) is 8.98. The molecule has 0 spiro atoms. The second-order valence-corrected chi connectivity index (χ2v) is 5.45. The zero-order chi connectivity index (χ0) is 14.3. The number of aliphatic carboxylic acids is 1. The molecule has 1 rings (SSSR count). The van der Waals surface area contributed by atoms with Crippen LogP contribution in [0.3, 0.4) is 0 Å². The summed E-state index contributed by atoms with van der Waals surface area (Å²) in [7, 11) is 2.05. The first-order chi connectivity index (χ1) is 9.08. The number of rotatable bonds is 8. The van der Waals surface area contributed by atoms with E-state index < -0.39 is 12.0 Å². The van der Waals surface area contributed by atoms with Gasteiger partial charge in [0.25, 0.3) is 0 Å². The molecule has 112 valence electrons. The van der Waals surface area contributed by atoms with Gasteiger partial charge in [0.05, 0.1) is 0 Å². The van der Waals surface area contributed by atoms with Gasteiger partial charge in [-0.05, 0) is 52.5 Å². The van der Waals surface area contributed by atoms with E-state index in [-0.39, 0.29) is 0 Å². The van der Waals surface area contributed by atoms with E-state index in [1.54, 1.807) is 0 Å². The van der Waals surface area contributed by atoms with E-state index in [9.17, 15) is 9.90 Å². The summed E-state index contributed by atoms with van der Waals surface area (Å²) in [5, 5.41) is 12.3. The van der Waals surface area contributed by atoms with Crippen molar-refractivity contribution in [1.29, 1.82) is 0 Å². The summed E-state index contributed by atoms with van der Waals surface area (Å²) >= 11 is 0. The van der Waals surface area contributed by atoms with Gasteiger partial charge < -0.3 is 20.2 Å². The molecule has 1 heterocycles. The topological polar surface area (TPSA) is 55.8 Å². The molecule has 0 bridgehead atoms. The van der Waals surface area contributed by atoms with Gasteiger partial charge in [0.2, 0.25) is 0 Å². The van der Waals surface area contributed by atoms with Crippen LogP contribution in [-0.2, 0) is 4.79 Å². The maximum atomic E-state index is 11.2. The third-order valence-corrected chi connectivity index (χ3v) is 4.04. The summed E-state index contributed by atoms with van der Waals surface area (Å²) in [6, 6.07) is 0.0715. The fourth-order valence-corrected chi connectivity index (χ4v) is 2.66. The smallest absolute Gasteiger partial charge is 0.322 e. The molecule has 5 heteroatoms. The number of piperidine rings is 1. The Labute approximate surface area is 117 Å². The van der Waals surface area contributed by atoms with E-state index in [0.29, 0.717) is 12.6 Å². The van der Waals surface area contributed by atoms with Crippen molar-refractivity contribution in [3.05, 3.63) is 0 Å². The van der Waals surface area contributed by atoms with Crippen molar-refractivity contribution >= 4 is 5.97 Å². The average Bonchev–Trinajstić information content (AvgIpc) is 2.43. The number of nitrogens with zero attached hydrogens (tertiary/aromatic N) is 2. The number of carboxylic acids is 1. The van der Waals surface area contributed by atoms with Gasteiger partial charge in [0.1, 0.15) is 6.04 Å². The Morgan fingerprint density at radius 3 is 2.53 bits per heavy atom. The highest BCUT2D eigenvalue weighted by Gasteiger charge is 2.25. The van der Waals surface area contributed by atoms with E-state index in [4.69, 9.17) is 0 Å². The molecule has 0 aromatic rings. The highest BCUT2D eigenvalue weighted by Crippen LogP contribution is 2.15. The van der Waals surface area contributed by atoms with Crippen molar-refractivity contribution in [3.8, 4) is 0 Å². The largest absolute Gasteiger partial charge is 0.480 e. The first kappa shape index (κ1) is 16.4. The molecule has 1 saturated heterocycles. The van der Waals surface area contributed by atoms with E-state index in [1.165, 1.54) is 0 Å². The van der Waals surface area contributed by atoms with Crippen molar-refractivity contribution in [2.75, 3.05) is 39.8 Å². The Morgan fingerprint density at radius 2 is 2.05 bits per heavy atom. The monoisotopic (exact) mass is 271 g/mol. The molecule has 0 amide bonds. The molecule has 19 heavy (non-hydrogen) atoms. The third-order valence-electron chi connectivity index (χ3n) is 4.04. The molecule has 0 aromatic carbocycles. The highest BCUT2D eigenvalue weighted by molar-refractivity contribution is 5.73. The van der Waals surface area contributed by atoms with Crippen LogP contribution in [0.15, 0.2) is 0 Å². The molecule has 0 aliphatic carbocycles. The van der Waals surface area contributed by atoms with Crippen molar-refractivity contribution in [3.63, 3.8) is 0 Å². The molecule has 5 nitrogen and oxygen atoms in total.